The van der Waals surface area contributed by atoms with Crippen LogP contribution < -0.4 is 0 Å². The minimum Gasteiger partial charge on any atom is -0.489 e. The predicted molar refractivity (Wildman–Crippen MR) is 125 cm³/mol. The first kappa shape index (κ1) is 27.0. The fourth-order valence-electron chi connectivity index (χ4n) is 5.51. The number of benzene rings is 2. The maximum atomic E-state index is 13.4. The lowest BCUT2D eigenvalue weighted by molar-refractivity contribution is -0.143. The molecule has 2 aliphatic heterocycles. The van der Waals surface area contributed by atoms with Gasteiger partial charge in [-0.05, 0) is 49.1 Å². The topological polar surface area (TPSA) is 32.8 Å². The number of nitrogens with zero attached hydrogens (tertiary/aromatic N) is 2. The van der Waals surface area contributed by atoms with Gasteiger partial charge in [0.1, 0.15) is 17.4 Å². The summed E-state index contributed by atoms with van der Waals surface area (Å²) in [6.45, 7) is 8.66. The first-order valence-electron chi connectivity index (χ1n) is 12.0. The maximum Gasteiger partial charge on any atom is 0.416 e. The third-order valence-corrected chi connectivity index (χ3v) is 7.38. The van der Waals surface area contributed by atoms with Gasteiger partial charge in [-0.1, -0.05) is 36.9 Å². The van der Waals surface area contributed by atoms with Crippen molar-refractivity contribution in [2.75, 3.05) is 19.6 Å². The zero-order valence-electron chi connectivity index (χ0n) is 20.5. The molecule has 2 fully saturated rings. The van der Waals surface area contributed by atoms with Gasteiger partial charge in [0, 0.05) is 32.6 Å². The maximum absolute atomic E-state index is 13.4. The van der Waals surface area contributed by atoms with Gasteiger partial charge in [-0.15, -0.1) is 0 Å². The van der Waals surface area contributed by atoms with Crippen molar-refractivity contribution in [1.29, 1.82) is 0 Å². The van der Waals surface area contributed by atoms with Crippen LogP contribution in [0, 0.1) is 0 Å². The van der Waals surface area contributed by atoms with Crippen molar-refractivity contribution in [2.45, 2.75) is 56.7 Å². The summed E-state index contributed by atoms with van der Waals surface area (Å²) in [6, 6.07) is 10.9. The Morgan fingerprint density at radius 1 is 1.03 bits per heavy atom. The van der Waals surface area contributed by atoms with Gasteiger partial charge < -0.3 is 9.64 Å². The van der Waals surface area contributed by atoms with Gasteiger partial charge in [0.25, 0.3) is 0 Å². The van der Waals surface area contributed by atoms with E-state index in [4.69, 9.17) is 4.74 Å². The molecule has 200 valence electrons. The van der Waals surface area contributed by atoms with Gasteiger partial charge in [0.2, 0.25) is 5.91 Å². The number of halogens is 6. The summed E-state index contributed by atoms with van der Waals surface area (Å²) in [5.41, 5.74) is -3.01. The summed E-state index contributed by atoms with van der Waals surface area (Å²) in [4.78, 5) is 16.1. The molecule has 0 radical (unpaired) electrons. The first-order valence-corrected chi connectivity index (χ1v) is 12.0. The molecule has 2 aromatic carbocycles. The monoisotopic (exact) mass is 526 g/mol. The van der Waals surface area contributed by atoms with Crippen LogP contribution in [-0.2, 0) is 27.4 Å². The lowest BCUT2D eigenvalue weighted by Gasteiger charge is -2.55. The zero-order valence-corrected chi connectivity index (χ0v) is 20.5. The molecule has 0 N–H and O–H groups in total. The van der Waals surface area contributed by atoms with Crippen LogP contribution in [0.25, 0.3) is 0 Å². The second-order valence-electron chi connectivity index (χ2n) is 9.60. The van der Waals surface area contributed by atoms with E-state index in [0.29, 0.717) is 44.6 Å². The zero-order chi connectivity index (χ0) is 27.2. The van der Waals surface area contributed by atoms with E-state index < -0.39 is 35.1 Å². The van der Waals surface area contributed by atoms with Gasteiger partial charge >= 0.3 is 12.4 Å². The number of carbonyl (C=O) groups excluding carboxylic acids is 1. The van der Waals surface area contributed by atoms with E-state index in [-0.39, 0.29) is 29.3 Å². The Bertz CT molecular complexity index is 1130. The van der Waals surface area contributed by atoms with Crippen LogP contribution in [0.15, 0.2) is 60.9 Å². The summed E-state index contributed by atoms with van der Waals surface area (Å²) in [7, 11) is 0. The third kappa shape index (κ3) is 5.21. The van der Waals surface area contributed by atoms with Gasteiger partial charge in [-0.3, -0.25) is 9.69 Å². The fraction of sp³-hybridized carbons (Fsp3) is 0.444. The molecule has 10 heteroatoms. The number of piperazine rings is 1. The highest BCUT2D eigenvalue weighted by atomic mass is 19.4. The van der Waals surface area contributed by atoms with Crippen molar-refractivity contribution in [2.24, 2.45) is 0 Å². The van der Waals surface area contributed by atoms with Crippen LogP contribution in [-0.4, -0.2) is 41.4 Å². The van der Waals surface area contributed by atoms with E-state index in [1.807, 2.05) is 35.2 Å². The number of carbonyl (C=O) groups is 1. The second-order valence-corrected chi connectivity index (χ2v) is 9.60. The van der Waals surface area contributed by atoms with E-state index in [0.717, 1.165) is 5.56 Å². The minimum atomic E-state index is -4.95. The molecule has 2 bridgehead atoms. The Kier molecular flexibility index (Phi) is 7.09. The van der Waals surface area contributed by atoms with Crippen LogP contribution in [0.4, 0.5) is 26.3 Å². The van der Waals surface area contributed by atoms with Crippen molar-refractivity contribution in [1.82, 2.24) is 9.80 Å². The molecule has 4 rings (SSSR count). The quantitative estimate of drug-likeness (QED) is 0.328. The van der Waals surface area contributed by atoms with E-state index in [2.05, 4.69) is 11.5 Å². The molecule has 2 aliphatic rings. The van der Waals surface area contributed by atoms with Crippen LogP contribution in [0.3, 0.4) is 0 Å². The Morgan fingerprint density at radius 2 is 1.62 bits per heavy atom. The fourth-order valence-corrected chi connectivity index (χ4v) is 5.51. The predicted octanol–water partition coefficient (Wildman–Crippen LogP) is 6.54. The number of rotatable bonds is 5. The van der Waals surface area contributed by atoms with E-state index in [9.17, 15) is 31.1 Å². The summed E-state index contributed by atoms with van der Waals surface area (Å²) < 4.78 is 86.5. The highest BCUT2D eigenvalue weighted by Gasteiger charge is 2.50. The SMILES string of the molecule is C=C(O[C@H](C)c1cc(C(F)(F)F)cc(C(F)(F)F)c1)[C@@]1(c2ccccc2)CC[C@H]2CN1CCN2C(C)=O. The average Bonchev–Trinajstić information content (AvgIpc) is 2.83. The molecule has 2 aromatic rings. The van der Waals surface area contributed by atoms with Crippen molar-refractivity contribution < 1.29 is 35.9 Å². The molecule has 4 nitrogen and oxygen atoms in total. The Labute approximate surface area is 211 Å². The highest BCUT2D eigenvalue weighted by Crippen LogP contribution is 2.47. The van der Waals surface area contributed by atoms with Crippen LogP contribution in [0.2, 0.25) is 0 Å². The Balaban J connectivity index is 1.68. The Hall–Kier alpha value is -3.01. The molecule has 2 saturated heterocycles. The molecule has 1 unspecified atom stereocenters. The summed E-state index contributed by atoms with van der Waals surface area (Å²) in [5.74, 6) is 0.234. The standard InChI is InChI=1S/C27H28F6N2O2/c1-17(20-13-22(26(28,29)30)15-23(14-20)27(31,32)33)37-18(2)25(21-7-5-4-6-8-21)10-9-24-16-34(25)11-12-35(24)19(3)36/h4-8,13-15,17,24H,2,9-12,16H2,1,3H3/t17-,24+,25-/m1/s1. The molecule has 0 spiro atoms. The number of fused-ring (bicyclic) bond motifs is 2. The molecule has 2 heterocycles. The van der Waals surface area contributed by atoms with Crippen LogP contribution in [0.5, 0.6) is 0 Å². The second kappa shape index (κ2) is 9.70. The lowest BCUT2D eigenvalue weighted by atomic mass is 9.76. The van der Waals surface area contributed by atoms with Gasteiger partial charge in [0.15, 0.2) is 0 Å². The molecule has 4 atom stereocenters. The normalized spacial score (nSPS) is 24.9. The smallest absolute Gasteiger partial charge is 0.416 e. The Morgan fingerprint density at radius 3 is 2.16 bits per heavy atom. The van der Waals surface area contributed by atoms with Crippen molar-refractivity contribution in [3.05, 3.63) is 83.1 Å². The minimum absolute atomic E-state index is 0.00567. The van der Waals surface area contributed by atoms with Gasteiger partial charge in [0.05, 0.1) is 11.1 Å². The number of amides is 1. The lowest BCUT2D eigenvalue weighted by Crippen LogP contribution is -2.64. The molecular formula is C27H28F6N2O2. The van der Waals surface area contributed by atoms with E-state index in [1.165, 1.54) is 13.8 Å². The number of alkyl halides is 6. The highest BCUT2D eigenvalue weighted by molar-refractivity contribution is 5.73. The van der Waals surface area contributed by atoms with Crippen LogP contribution in [0.1, 0.15) is 55.0 Å². The van der Waals surface area contributed by atoms with E-state index in [1.54, 1.807) is 0 Å². The van der Waals surface area contributed by atoms with Crippen LogP contribution >= 0.6 is 0 Å². The molecule has 37 heavy (non-hydrogen) atoms. The third-order valence-electron chi connectivity index (χ3n) is 7.38. The van der Waals surface area contributed by atoms with Gasteiger partial charge in [-0.2, -0.15) is 26.3 Å². The number of piperidine rings is 1. The number of hydrogen-bond donors (Lipinski definition) is 0. The molecule has 0 aromatic heterocycles. The number of hydrogen-bond acceptors (Lipinski definition) is 3. The van der Waals surface area contributed by atoms with Gasteiger partial charge in [-0.25, -0.2) is 0 Å². The summed E-state index contributed by atoms with van der Waals surface area (Å²) >= 11 is 0. The molecule has 0 aliphatic carbocycles. The average molecular weight is 527 g/mol. The largest absolute Gasteiger partial charge is 0.489 e. The summed E-state index contributed by atoms with van der Waals surface area (Å²) in [5, 5.41) is 0. The van der Waals surface area contributed by atoms with E-state index >= 15 is 0 Å². The van der Waals surface area contributed by atoms with Crippen molar-refractivity contribution >= 4 is 5.91 Å². The van der Waals surface area contributed by atoms with Crippen molar-refractivity contribution in [3.8, 4) is 0 Å². The molecular weight excluding hydrogens is 498 g/mol. The molecule has 1 amide bonds. The molecule has 0 saturated carbocycles. The van der Waals surface area contributed by atoms with Crippen molar-refractivity contribution in [3.63, 3.8) is 0 Å². The first-order chi connectivity index (χ1) is 17.2. The summed E-state index contributed by atoms with van der Waals surface area (Å²) in [6.07, 6.45) is -9.87. The number of ether oxygens (including phenoxy) is 1.